The second kappa shape index (κ2) is 11.4. The molecular weight excluding hydrogens is 582 g/mol. The molecule has 0 bridgehead atoms. The summed E-state index contributed by atoms with van der Waals surface area (Å²) >= 11 is 6.33. The van der Waals surface area contributed by atoms with Crippen molar-refractivity contribution in [1.29, 1.82) is 0 Å². The molecule has 2 aromatic heterocycles. The fourth-order valence-electron chi connectivity index (χ4n) is 5.62. The minimum absolute atomic E-state index is 0.0000351. The van der Waals surface area contributed by atoms with E-state index in [0.29, 0.717) is 34.3 Å². The number of nitrogens with zero attached hydrogens (tertiary/aromatic N) is 1. The molecular formula is C34H37BClFN2O5. The molecule has 5 rings (SSSR count). The molecule has 3 heterocycles. The summed E-state index contributed by atoms with van der Waals surface area (Å²) in [6.07, 6.45) is 0.587. The molecule has 0 spiro atoms. The predicted octanol–water partition coefficient (Wildman–Crippen LogP) is 7.67. The topological polar surface area (TPSA) is 90.7 Å². The number of anilines is 1. The Kier molecular flexibility index (Phi) is 8.29. The molecule has 2 aromatic carbocycles. The van der Waals surface area contributed by atoms with E-state index in [2.05, 4.69) is 10.3 Å². The van der Waals surface area contributed by atoms with Gasteiger partial charge in [0.05, 0.1) is 34.0 Å². The highest BCUT2D eigenvalue weighted by Crippen LogP contribution is 2.39. The first-order chi connectivity index (χ1) is 20.6. The molecule has 10 heteroatoms. The number of hydrogen-bond donors (Lipinski definition) is 1. The van der Waals surface area contributed by atoms with Crippen LogP contribution in [0, 0.1) is 19.7 Å². The first-order valence-corrected chi connectivity index (χ1v) is 15.1. The van der Waals surface area contributed by atoms with Gasteiger partial charge >= 0.3 is 7.12 Å². The summed E-state index contributed by atoms with van der Waals surface area (Å²) in [6, 6.07) is 9.79. The number of rotatable bonds is 7. The Balaban J connectivity index is 1.62. The molecule has 1 N–H and O–H groups in total. The Morgan fingerprint density at radius 2 is 1.68 bits per heavy atom. The number of carbonyl (C=O) groups excluding carboxylic acids is 1. The minimum Gasteiger partial charge on any atom is -0.460 e. The Hall–Kier alpha value is -3.53. The van der Waals surface area contributed by atoms with Crippen LogP contribution in [0.2, 0.25) is 5.15 Å². The lowest BCUT2D eigenvalue weighted by atomic mass is 9.74. The average Bonchev–Trinajstić information content (AvgIpc) is 3.16. The van der Waals surface area contributed by atoms with Gasteiger partial charge in [-0.05, 0) is 78.3 Å². The SMILES string of the molecule is Cc1cc(C(C)Nc2ccc(Cl)nc2-c2ccc(C=O)c(B3OC(C)(C)C(C)(C)O3)c2F)c2oc(C(C)C)c(C)c(=O)c2c1. The largest absolute Gasteiger partial charge is 0.498 e. The summed E-state index contributed by atoms with van der Waals surface area (Å²) in [5, 5.41) is 4.12. The number of benzene rings is 2. The number of aryl methyl sites for hydroxylation is 1. The lowest BCUT2D eigenvalue weighted by Gasteiger charge is -2.32. The second-order valence-corrected chi connectivity index (χ2v) is 13.2. The number of nitrogens with one attached hydrogen (secondary N) is 1. The molecule has 4 aromatic rings. The van der Waals surface area contributed by atoms with Gasteiger partial charge in [-0.1, -0.05) is 37.6 Å². The van der Waals surface area contributed by atoms with E-state index in [1.54, 1.807) is 19.1 Å². The van der Waals surface area contributed by atoms with Crippen molar-refractivity contribution in [2.75, 3.05) is 5.32 Å². The van der Waals surface area contributed by atoms with E-state index in [1.807, 2.05) is 67.5 Å². The zero-order chi connectivity index (χ0) is 32.3. The highest BCUT2D eigenvalue weighted by atomic mass is 35.5. The van der Waals surface area contributed by atoms with Gasteiger partial charge in [0.2, 0.25) is 0 Å². The van der Waals surface area contributed by atoms with E-state index >= 15 is 4.39 Å². The van der Waals surface area contributed by atoms with E-state index in [1.165, 1.54) is 12.1 Å². The van der Waals surface area contributed by atoms with Crippen molar-refractivity contribution >= 4 is 47.1 Å². The molecule has 1 unspecified atom stereocenters. The van der Waals surface area contributed by atoms with Gasteiger partial charge in [0, 0.05) is 33.6 Å². The normalized spacial score (nSPS) is 16.5. The molecule has 7 nitrogen and oxygen atoms in total. The molecule has 0 aliphatic carbocycles. The van der Waals surface area contributed by atoms with Crippen molar-refractivity contribution in [2.45, 2.75) is 85.5 Å². The monoisotopic (exact) mass is 618 g/mol. The van der Waals surface area contributed by atoms with Gasteiger partial charge in [-0.2, -0.15) is 0 Å². The van der Waals surface area contributed by atoms with Crippen LogP contribution in [0.3, 0.4) is 0 Å². The maximum Gasteiger partial charge on any atom is 0.498 e. The summed E-state index contributed by atoms with van der Waals surface area (Å²) in [5.41, 5.74) is 2.21. The summed E-state index contributed by atoms with van der Waals surface area (Å²) in [4.78, 5) is 29.8. The summed E-state index contributed by atoms with van der Waals surface area (Å²) in [7, 11) is -1.10. The van der Waals surface area contributed by atoms with Crippen LogP contribution in [0.5, 0.6) is 0 Å². The molecule has 0 saturated carbocycles. The molecule has 44 heavy (non-hydrogen) atoms. The van der Waals surface area contributed by atoms with Crippen molar-refractivity contribution in [3.8, 4) is 11.3 Å². The Bertz CT molecular complexity index is 1840. The van der Waals surface area contributed by atoms with Gasteiger partial charge in [0.25, 0.3) is 0 Å². The third-order valence-electron chi connectivity index (χ3n) is 8.74. The highest BCUT2D eigenvalue weighted by molar-refractivity contribution is 6.63. The van der Waals surface area contributed by atoms with Gasteiger partial charge < -0.3 is 19.0 Å². The smallest absolute Gasteiger partial charge is 0.460 e. The van der Waals surface area contributed by atoms with E-state index in [-0.39, 0.29) is 44.8 Å². The lowest BCUT2D eigenvalue weighted by molar-refractivity contribution is 0.00578. The zero-order valence-electron chi connectivity index (χ0n) is 26.5. The summed E-state index contributed by atoms with van der Waals surface area (Å²) < 4.78 is 35.1. The first kappa shape index (κ1) is 31.9. The Morgan fingerprint density at radius 1 is 1.02 bits per heavy atom. The van der Waals surface area contributed by atoms with E-state index in [4.69, 9.17) is 25.3 Å². The van der Waals surface area contributed by atoms with Crippen LogP contribution in [0.1, 0.15) is 93.2 Å². The van der Waals surface area contributed by atoms with Gasteiger partial charge in [0.1, 0.15) is 28.6 Å². The molecule has 1 atom stereocenters. The van der Waals surface area contributed by atoms with E-state index in [0.717, 1.165) is 11.1 Å². The number of fused-ring (bicyclic) bond motifs is 1. The summed E-state index contributed by atoms with van der Waals surface area (Å²) in [6.45, 7) is 17.1. The summed E-state index contributed by atoms with van der Waals surface area (Å²) in [5.74, 6) is -0.0316. The second-order valence-electron chi connectivity index (χ2n) is 12.8. The number of aldehydes is 1. The van der Waals surface area contributed by atoms with Crippen LogP contribution >= 0.6 is 11.6 Å². The van der Waals surface area contributed by atoms with Gasteiger partial charge in [-0.15, -0.1) is 0 Å². The minimum atomic E-state index is -1.10. The van der Waals surface area contributed by atoms with Crippen molar-refractivity contribution in [3.63, 3.8) is 0 Å². The van der Waals surface area contributed by atoms with Crippen molar-refractivity contribution in [3.05, 3.63) is 85.6 Å². The van der Waals surface area contributed by atoms with Gasteiger partial charge in [0.15, 0.2) is 5.43 Å². The maximum absolute atomic E-state index is 16.5. The van der Waals surface area contributed by atoms with Crippen molar-refractivity contribution < 1.29 is 22.9 Å². The van der Waals surface area contributed by atoms with Gasteiger partial charge in [-0.3, -0.25) is 9.59 Å². The number of hydrogen-bond acceptors (Lipinski definition) is 7. The third-order valence-corrected chi connectivity index (χ3v) is 8.95. The number of pyridine rings is 1. The van der Waals surface area contributed by atoms with Gasteiger partial charge in [-0.25, -0.2) is 9.37 Å². The Morgan fingerprint density at radius 3 is 2.30 bits per heavy atom. The van der Waals surface area contributed by atoms with E-state index in [9.17, 15) is 9.59 Å². The quantitative estimate of drug-likeness (QED) is 0.129. The number of aromatic nitrogens is 1. The van der Waals surface area contributed by atoms with Crippen LogP contribution < -0.4 is 16.2 Å². The molecule has 230 valence electrons. The number of carbonyl (C=O) groups is 1. The van der Waals surface area contributed by atoms with Crippen molar-refractivity contribution in [1.82, 2.24) is 4.98 Å². The average molecular weight is 619 g/mol. The van der Waals surface area contributed by atoms with Crippen LogP contribution in [-0.2, 0) is 9.31 Å². The van der Waals surface area contributed by atoms with Crippen molar-refractivity contribution in [2.24, 2.45) is 0 Å². The highest BCUT2D eigenvalue weighted by Gasteiger charge is 2.53. The van der Waals surface area contributed by atoms with Crippen LogP contribution in [0.15, 0.2) is 45.6 Å². The van der Waals surface area contributed by atoms with E-state index < -0.39 is 24.1 Å². The molecule has 0 amide bonds. The van der Waals surface area contributed by atoms with Crippen LogP contribution in [-0.4, -0.2) is 29.6 Å². The lowest BCUT2D eigenvalue weighted by Crippen LogP contribution is -2.41. The van der Waals surface area contributed by atoms with Crippen LogP contribution in [0.25, 0.3) is 22.2 Å². The predicted molar refractivity (Wildman–Crippen MR) is 174 cm³/mol. The molecule has 1 fully saturated rings. The zero-order valence-corrected chi connectivity index (χ0v) is 27.3. The maximum atomic E-state index is 16.5. The fourth-order valence-corrected chi connectivity index (χ4v) is 5.77. The standard InChI is InChI=1S/C34H37BClFN2O5/c1-17(2)31-19(4)30(41)24-15-18(3)14-23(32(24)42-31)20(5)38-25-12-13-26(36)39-29(25)22-11-10-21(16-40)27(28(22)37)35-43-33(6,7)34(8,9)44-35/h10-17,20,38H,1-9H3. The fraction of sp³-hybridized carbons (Fsp3) is 0.382. The molecule has 1 aliphatic rings. The van der Waals surface area contributed by atoms with Crippen LogP contribution in [0.4, 0.5) is 10.1 Å². The number of halogens is 2. The third kappa shape index (κ3) is 5.46. The molecule has 1 saturated heterocycles. The molecule has 1 aliphatic heterocycles. The Labute approximate surface area is 262 Å². The first-order valence-electron chi connectivity index (χ1n) is 14.7. The molecule has 0 radical (unpaired) electrons.